The van der Waals surface area contributed by atoms with Gasteiger partial charge in [-0.3, -0.25) is 9.59 Å². The van der Waals surface area contributed by atoms with Crippen LogP contribution < -0.4 is 20.7 Å². The maximum atomic E-state index is 12.0. The van der Waals surface area contributed by atoms with Gasteiger partial charge in [0.1, 0.15) is 5.75 Å². The fraction of sp³-hybridized carbons (Fsp3) is 0.467. The van der Waals surface area contributed by atoms with Crippen molar-refractivity contribution < 1.29 is 19.1 Å². The van der Waals surface area contributed by atoms with Crippen molar-refractivity contribution in [1.29, 1.82) is 0 Å². The van der Waals surface area contributed by atoms with E-state index in [1.165, 1.54) is 14.0 Å². The number of anilines is 2. The largest absolute Gasteiger partial charge is 0.495 e. The van der Waals surface area contributed by atoms with Crippen molar-refractivity contribution in [2.75, 3.05) is 37.5 Å². The molecule has 1 unspecified atom stereocenters. The average molecular weight is 344 g/mol. The van der Waals surface area contributed by atoms with E-state index in [0.29, 0.717) is 36.8 Å². The van der Waals surface area contributed by atoms with E-state index in [1.54, 1.807) is 18.2 Å². The second-order valence-corrected chi connectivity index (χ2v) is 5.07. The van der Waals surface area contributed by atoms with Crippen LogP contribution in [-0.4, -0.2) is 44.7 Å². The summed E-state index contributed by atoms with van der Waals surface area (Å²) in [6.45, 7) is 3.39. The van der Waals surface area contributed by atoms with E-state index in [1.807, 2.05) is 0 Å². The molecule has 0 aromatic heterocycles. The molecule has 2 rings (SSSR count). The second-order valence-electron chi connectivity index (χ2n) is 5.07. The summed E-state index contributed by atoms with van der Waals surface area (Å²) < 4.78 is 10.5. The summed E-state index contributed by atoms with van der Waals surface area (Å²) in [5, 5.41) is 8.71. The molecule has 23 heavy (non-hydrogen) atoms. The molecule has 1 aromatic rings. The van der Waals surface area contributed by atoms with Crippen LogP contribution in [-0.2, 0) is 14.3 Å². The van der Waals surface area contributed by atoms with Crippen molar-refractivity contribution >= 4 is 35.6 Å². The summed E-state index contributed by atoms with van der Waals surface area (Å²) in [5.74, 6) is 0.225. The lowest BCUT2D eigenvalue weighted by atomic mass is 10.2. The van der Waals surface area contributed by atoms with E-state index >= 15 is 0 Å². The normalized spacial score (nSPS) is 16.9. The van der Waals surface area contributed by atoms with Crippen LogP contribution in [0.4, 0.5) is 11.4 Å². The lowest BCUT2D eigenvalue weighted by Crippen LogP contribution is -2.43. The van der Waals surface area contributed by atoms with Gasteiger partial charge in [0, 0.05) is 31.6 Å². The first kappa shape index (κ1) is 19.2. The lowest BCUT2D eigenvalue weighted by molar-refractivity contribution is -0.117. The molecule has 3 N–H and O–H groups in total. The fourth-order valence-corrected chi connectivity index (χ4v) is 2.26. The number of amides is 2. The number of ether oxygens (including phenoxy) is 2. The van der Waals surface area contributed by atoms with E-state index in [4.69, 9.17) is 9.47 Å². The van der Waals surface area contributed by atoms with Gasteiger partial charge in [-0.05, 0) is 18.2 Å². The first-order valence-electron chi connectivity index (χ1n) is 7.15. The highest BCUT2D eigenvalue weighted by molar-refractivity contribution is 5.94. The van der Waals surface area contributed by atoms with Gasteiger partial charge in [0.25, 0.3) is 0 Å². The third-order valence-electron chi connectivity index (χ3n) is 3.22. The van der Waals surface area contributed by atoms with E-state index in [2.05, 4.69) is 16.0 Å². The van der Waals surface area contributed by atoms with Crippen LogP contribution in [0.3, 0.4) is 0 Å². The van der Waals surface area contributed by atoms with Gasteiger partial charge in [-0.2, -0.15) is 0 Å². The van der Waals surface area contributed by atoms with Gasteiger partial charge in [-0.15, -0.1) is 12.4 Å². The summed E-state index contributed by atoms with van der Waals surface area (Å²) in [5.41, 5.74) is 1.12. The Labute approximate surface area is 141 Å². The molecule has 1 heterocycles. The van der Waals surface area contributed by atoms with Crippen molar-refractivity contribution in [3.8, 4) is 5.75 Å². The maximum absolute atomic E-state index is 12.0. The molecule has 7 nitrogen and oxygen atoms in total. The van der Waals surface area contributed by atoms with Crippen molar-refractivity contribution in [2.24, 2.45) is 0 Å². The quantitative estimate of drug-likeness (QED) is 0.752. The molecule has 128 valence electrons. The zero-order chi connectivity index (χ0) is 15.9. The third-order valence-corrected chi connectivity index (χ3v) is 3.22. The molecule has 2 amide bonds. The van der Waals surface area contributed by atoms with Crippen LogP contribution in [0.5, 0.6) is 5.75 Å². The van der Waals surface area contributed by atoms with E-state index in [9.17, 15) is 9.59 Å². The Hall–Kier alpha value is -1.83. The molecule has 0 radical (unpaired) electrons. The number of methoxy groups -OCH3 is 1. The average Bonchev–Trinajstić information content (AvgIpc) is 2.48. The smallest absolute Gasteiger partial charge is 0.226 e. The third kappa shape index (κ3) is 6.05. The molecule has 8 heteroatoms. The van der Waals surface area contributed by atoms with Crippen LogP contribution in [0, 0.1) is 0 Å². The molecule has 0 bridgehead atoms. The standard InChI is InChI=1S/C15H21N3O4.ClH/c1-10(19)17-13-7-11(3-4-14(13)21-2)18-15(20)8-12-9-22-6-5-16-12;/h3-4,7,12,16H,5-6,8-9H2,1-2H3,(H,17,19)(H,18,20);1H. The highest BCUT2D eigenvalue weighted by Gasteiger charge is 2.17. The summed E-state index contributed by atoms with van der Waals surface area (Å²) in [7, 11) is 1.52. The summed E-state index contributed by atoms with van der Waals surface area (Å²) >= 11 is 0. The number of hydrogen-bond donors (Lipinski definition) is 3. The fourth-order valence-electron chi connectivity index (χ4n) is 2.26. The van der Waals surface area contributed by atoms with Crippen LogP contribution in [0.15, 0.2) is 18.2 Å². The number of carbonyl (C=O) groups is 2. The SMILES string of the molecule is COc1ccc(NC(=O)CC2COCCN2)cc1NC(C)=O.Cl. The van der Waals surface area contributed by atoms with Crippen molar-refractivity contribution in [2.45, 2.75) is 19.4 Å². The monoisotopic (exact) mass is 343 g/mol. The topological polar surface area (TPSA) is 88.7 Å². The van der Waals surface area contributed by atoms with Gasteiger partial charge in [0.2, 0.25) is 11.8 Å². The van der Waals surface area contributed by atoms with Gasteiger partial charge in [0.15, 0.2) is 0 Å². The summed E-state index contributed by atoms with van der Waals surface area (Å²) in [6, 6.07) is 5.13. The minimum atomic E-state index is -0.203. The molecular weight excluding hydrogens is 322 g/mol. The molecule has 0 saturated carbocycles. The number of carbonyl (C=O) groups excluding carboxylic acids is 2. The highest BCUT2D eigenvalue weighted by Crippen LogP contribution is 2.27. The van der Waals surface area contributed by atoms with Gasteiger partial charge in [-0.1, -0.05) is 0 Å². The maximum Gasteiger partial charge on any atom is 0.226 e. The zero-order valence-electron chi connectivity index (χ0n) is 13.2. The van der Waals surface area contributed by atoms with Gasteiger partial charge >= 0.3 is 0 Å². The molecule has 1 aliphatic rings. The minimum Gasteiger partial charge on any atom is -0.495 e. The summed E-state index contributed by atoms with van der Waals surface area (Å²) in [6.07, 6.45) is 0.335. The van der Waals surface area contributed by atoms with Crippen LogP contribution in [0.2, 0.25) is 0 Å². The van der Waals surface area contributed by atoms with E-state index in [-0.39, 0.29) is 30.3 Å². The van der Waals surface area contributed by atoms with Crippen molar-refractivity contribution in [3.63, 3.8) is 0 Å². The van der Waals surface area contributed by atoms with Crippen LogP contribution in [0.1, 0.15) is 13.3 Å². The van der Waals surface area contributed by atoms with E-state index < -0.39 is 0 Å². The van der Waals surface area contributed by atoms with Crippen LogP contribution >= 0.6 is 12.4 Å². The Balaban J connectivity index is 0.00000264. The number of rotatable bonds is 5. The molecular formula is C15H22ClN3O4. The van der Waals surface area contributed by atoms with Gasteiger partial charge in [-0.25, -0.2) is 0 Å². The molecule has 1 saturated heterocycles. The summed E-state index contributed by atoms with van der Waals surface area (Å²) in [4.78, 5) is 23.2. The predicted octanol–water partition coefficient (Wildman–Crippen LogP) is 1.39. The second kappa shape index (κ2) is 9.34. The number of halogens is 1. The van der Waals surface area contributed by atoms with Gasteiger partial charge < -0.3 is 25.4 Å². The Morgan fingerprint density at radius 3 is 2.78 bits per heavy atom. The molecule has 0 aliphatic carbocycles. The first-order chi connectivity index (χ1) is 10.6. The van der Waals surface area contributed by atoms with Crippen LogP contribution in [0.25, 0.3) is 0 Å². The number of nitrogens with one attached hydrogen (secondary N) is 3. The highest BCUT2D eigenvalue weighted by atomic mass is 35.5. The zero-order valence-corrected chi connectivity index (χ0v) is 14.0. The Kier molecular flexibility index (Phi) is 7.80. The number of benzene rings is 1. The predicted molar refractivity (Wildman–Crippen MR) is 90.4 cm³/mol. The minimum absolute atomic E-state index is 0. The van der Waals surface area contributed by atoms with Gasteiger partial charge in [0.05, 0.1) is 26.0 Å². The number of morpholine rings is 1. The van der Waals surface area contributed by atoms with Crippen molar-refractivity contribution in [1.82, 2.24) is 5.32 Å². The Morgan fingerprint density at radius 1 is 1.39 bits per heavy atom. The Bertz CT molecular complexity index is 548. The molecule has 0 spiro atoms. The molecule has 1 aliphatic heterocycles. The lowest BCUT2D eigenvalue weighted by Gasteiger charge is -2.23. The molecule has 1 atom stereocenters. The van der Waals surface area contributed by atoms with E-state index in [0.717, 1.165) is 6.54 Å². The number of hydrogen-bond acceptors (Lipinski definition) is 5. The molecule has 1 fully saturated rings. The van der Waals surface area contributed by atoms with Crippen molar-refractivity contribution in [3.05, 3.63) is 18.2 Å². The molecule has 1 aromatic carbocycles. The Morgan fingerprint density at radius 2 is 2.17 bits per heavy atom. The first-order valence-corrected chi connectivity index (χ1v) is 7.15.